The zero-order chi connectivity index (χ0) is 13.4. The van der Waals surface area contributed by atoms with E-state index in [9.17, 15) is 0 Å². The molecule has 102 valence electrons. The van der Waals surface area contributed by atoms with Crippen LogP contribution >= 0.6 is 0 Å². The summed E-state index contributed by atoms with van der Waals surface area (Å²) < 4.78 is 0. The molecule has 2 nitrogen and oxygen atoms in total. The van der Waals surface area contributed by atoms with Gasteiger partial charge in [-0.3, -0.25) is 0 Å². The van der Waals surface area contributed by atoms with E-state index in [0.29, 0.717) is 0 Å². The van der Waals surface area contributed by atoms with Crippen LogP contribution in [0, 0.1) is 0 Å². The molecule has 1 unspecified atom stereocenters. The van der Waals surface area contributed by atoms with Gasteiger partial charge in [-0.15, -0.1) is 0 Å². The smallest absolute Gasteiger partial charge is 0.0366 e. The second-order valence-corrected chi connectivity index (χ2v) is 5.07. The van der Waals surface area contributed by atoms with Gasteiger partial charge in [0.25, 0.3) is 0 Å². The van der Waals surface area contributed by atoms with E-state index in [1.54, 1.807) is 0 Å². The largest absolute Gasteiger partial charge is 0.372 e. The maximum absolute atomic E-state index is 5.89. The summed E-state index contributed by atoms with van der Waals surface area (Å²) in [7, 11) is 0. The quantitative estimate of drug-likeness (QED) is 0.750. The van der Waals surface area contributed by atoms with Crippen molar-refractivity contribution in [1.29, 1.82) is 0 Å². The van der Waals surface area contributed by atoms with Crippen molar-refractivity contribution < 1.29 is 0 Å². The second-order valence-electron chi connectivity index (χ2n) is 5.07. The Kier molecular flexibility index (Phi) is 6.81. The third kappa shape index (κ3) is 4.69. The first-order valence-electron chi connectivity index (χ1n) is 7.29. The third-order valence-corrected chi connectivity index (χ3v) is 3.35. The zero-order valence-corrected chi connectivity index (χ0v) is 12.2. The minimum atomic E-state index is 0.124. The Labute approximate surface area is 112 Å². The molecule has 18 heavy (non-hydrogen) atoms. The monoisotopic (exact) mass is 248 g/mol. The molecule has 2 N–H and O–H groups in total. The molecule has 0 aromatic heterocycles. The minimum Gasteiger partial charge on any atom is -0.372 e. The fourth-order valence-corrected chi connectivity index (χ4v) is 2.06. The molecule has 2 heteroatoms. The maximum atomic E-state index is 5.89. The van der Waals surface area contributed by atoms with E-state index < -0.39 is 0 Å². The van der Waals surface area contributed by atoms with E-state index in [0.717, 1.165) is 13.1 Å². The van der Waals surface area contributed by atoms with E-state index in [-0.39, 0.29) is 6.04 Å². The van der Waals surface area contributed by atoms with Crippen LogP contribution in [0.25, 0.3) is 0 Å². The molecule has 0 aliphatic heterocycles. The summed E-state index contributed by atoms with van der Waals surface area (Å²) in [6, 6.07) is 8.86. The molecule has 1 rings (SSSR count). The van der Waals surface area contributed by atoms with E-state index in [2.05, 4.69) is 43.0 Å². The summed E-state index contributed by atoms with van der Waals surface area (Å²) in [6.45, 7) is 8.84. The fourth-order valence-electron chi connectivity index (χ4n) is 2.06. The summed E-state index contributed by atoms with van der Waals surface area (Å²) in [4.78, 5) is 2.50. The lowest BCUT2D eigenvalue weighted by atomic mass is 10.1. The highest BCUT2D eigenvalue weighted by Crippen LogP contribution is 2.19. The van der Waals surface area contributed by atoms with Gasteiger partial charge in [0.05, 0.1) is 0 Å². The maximum Gasteiger partial charge on any atom is 0.0366 e. The van der Waals surface area contributed by atoms with Crippen molar-refractivity contribution in [3.8, 4) is 0 Å². The molecule has 0 spiro atoms. The lowest BCUT2D eigenvalue weighted by Gasteiger charge is -2.25. The second kappa shape index (κ2) is 8.15. The number of nitrogens with zero attached hydrogens (tertiary/aromatic N) is 1. The fraction of sp³-hybridized carbons (Fsp3) is 0.625. The molecule has 1 atom stereocenters. The van der Waals surface area contributed by atoms with Crippen molar-refractivity contribution >= 4 is 5.69 Å². The van der Waals surface area contributed by atoms with Gasteiger partial charge in [-0.25, -0.2) is 0 Å². The van der Waals surface area contributed by atoms with Crippen LogP contribution in [0.4, 0.5) is 5.69 Å². The van der Waals surface area contributed by atoms with Crippen LogP contribution in [0.15, 0.2) is 24.3 Å². The van der Waals surface area contributed by atoms with Gasteiger partial charge in [-0.05, 0) is 37.5 Å². The Morgan fingerprint density at radius 3 is 1.89 bits per heavy atom. The van der Waals surface area contributed by atoms with Crippen molar-refractivity contribution in [3.05, 3.63) is 29.8 Å². The van der Waals surface area contributed by atoms with E-state index in [1.807, 2.05) is 6.92 Å². The standard InChI is InChI=1S/C16H28N2/c1-4-6-12-18(13-7-5-2)16-10-8-15(9-11-16)14(3)17/h8-11,14H,4-7,12-13,17H2,1-3H3. The van der Waals surface area contributed by atoms with Crippen molar-refractivity contribution in [2.24, 2.45) is 5.73 Å². The van der Waals surface area contributed by atoms with Gasteiger partial charge >= 0.3 is 0 Å². The lowest BCUT2D eigenvalue weighted by molar-refractivity contribution is 0.677. The van der Waals surface area contributed by atoms with Gasteiger partial charge in [-0.1, -0.05) is 38.8 Å². The number of hydrogen-bond acceptors (Lipinski definition) is 2. The normalized spacial score (nSPS) is 12.4. The highest BCUT2D eigenvalue weighted by atomic mass is 15.1. The average molecular weight is 248 g/mol. The molecular formula is C16H28N2. The van der Waals surface area contributed by atoms with Crippen LogP contribution in [0.3, 0.4) is 0 Å². The summed E-state index contributed by atoms with van der Waals surface area (Å²) in [5.74, 6) is 0. The number of benzene rings is 1. The van der Waals surface area contributed by atoms with Crippen molar-refractivity contribution in [2.75, 3.05) is 18.0 Å². The Morgan fingerprint density at radius 2 is 1.50 bits per heavy atom. The van der Waals surface area contributed by atoms with Crippen LogP contribution in [-0.4, -0.2) is 13.1 Å². The van der Waals surface area contributed by atoms with Gasteiger partial charge in [0.1, 0.15) is 0 Å². The van der Waals surface area contributed by atoms with E-state index >= 15 is 0 Å². The van der Waals surface area contributed by atoms with Crippen LogP contribution in [0.1, 0.15) is 58.1 Å². The first kappa shape index (κ1) is 15.0. The van der Waals surface area contributed by atoms with E-state index in [4.69, 9.17) is 5.73 Å². The SMILES string of the molecule is CCCCN(CCCC)c1ccc(C(C)N)cc1. The van der Waals surface area contributed by atoms with Gasteiger partial charge in [0.2, 0.25) is 0 Å². The molecule has 0 heterocycles. The molecule has 0 fully saturated rings. The Hall–Kier alpha value is -1.02. The van der Waals surface area contributed by atoms with Crippen LogP contribution < -0.4 is 10.6 Å². The molecule has 0 saturated heterocycles. The summed E-state index contributed by atoms with van der Waals surface area (Å²) in [5.41, 5.74) is 8.43. The summed E-state index contributed by atoms with van der Waals surface area (Å²) >= 11 is 0. The highest BCUT2D eigenvalue weighted by Gasteiger charge is 2.06. The number of unbranched alkanes of at least 4 members (excludes halogenated alkanes) is 2. The number of hydrogen-bond donors (Lipinski definition) is 1. The Morgan fingerprint density at radius 1 is 1.00 bits per heavy atom. The topological polar surface area (TPSA) is 29.3 Å². The van der Waals surface area contributed by atoms with Crippen LogP contribution in [0.2, 0.25) is 0 Å². The Balaban J connectivity index is 2.70. The first-order valence-corrected chi connectivity index (χ1v) is 7.29. The van der Waals surface area contributed by atoms with Gasteiger partial charge in [-0.2, -0.15) is 0 Å². The molecular weight excluding hydrogens is 220 g/mol. The molecule has 1 aromatic carbocycles. The molecule has 0 aliphatic carbocycles. The molecule has 0 amide bonds. The van der Waals surface area contributed by atoms with Gasteiger partial charge in [0.15, 0.2) is 0 Å². The molecule has 0 saturated carbocycles. The van der Waals surface area contributed by atoms with Crippen molar-refractivity contribution in [1.82, 2.24) is 0 Å². The number of anilines is 1. The molecule has 0 bridgehead atoms. The molecule has 0 aliphatic rings. The Bertz CT molecular complexity index is 308. The predicted molar refractivity (Wildman–Crippen MR) is 81.1 cm³/mol. The summed E-state index contributed by atoms with van der Waals surface area (Å²) in [6.07, 6.45) is 5.03. The molecule has 0 radical (unpaired) electrons. The van der Waals surface area contributed by atoms with Crippen molar-refractivity contribution in [3.63, 3.8) is 0 Å². The first-order chi connectivity index (χ1) is 8.69. The summed E-state index contributed by atoms with van der Waals surface area (Å²) in [5, 5.41) is 0. The minimum absolute atomic E-state index is 0.124. The molecule has 1 aromatic rings. The number of nitrogens with two attached hydrogens (primary N) is 1. The third-order valence-electron chi connectivity index (χ3n) is 3.35. The van der Waals surface area contributed by atoms with Gasteiger partial charge in [0, 0.05) is 24.8 Å². The van der Waals surface area contributed by atoms with E-state index in [1.165, 1.54) is 36.9 Å². The lowest BCUT2D eigenvalue weighted by Crippen LogP contribution is -2.25. The van der Waals surface area contributed by atoms with Gasteiger partial charge < -0.3 is 10.6 Å². The van der Waals surface area contributed by atoms with Crippen LogP contribution in [0.5, 0.6) is 0 Å². The van der Waals surface area contributed by atoms with Crippen LogP contribution in [-0.2, 0) is 0 Å². The number of rotatable bonds is 8. The van der Waals surface area contributed by atoms with Crippen molar-refractivity contribution in [2.45, 2.75) is 52.5 Å². The highest BCUT2D eigenvalue weighted by molar-refractivity contribution is 5.48. The predicted octanol–water partition coefficient (Wildman–Crippen LogP) is 4.11. The zero-order valence-electron chi connectivity index (χ0n) is 12.2. The average Bonchev–Trinajstić information content (AvgIpc) is 2.39.